The van der Waals surface area contributed by atoms with Crippen LogP contribution in [0.5, 0.6) is 0 Å². The van der Waals surface area contributed by atoms with Crippen molar-refractivity contribution in [1.82, 2.24) is 0 Å². The van der Waals surface area contributed by atoms with Gasteiger partial charge in [-0.05, 0) is 6.92 Å². The molecule has 0 spiro atoms. The second kappa shape index (κ2) is 6.73. The predicted octanol–water partition coefficient (Wildman–Crippen LogP) is 2.19. The molecule has 0 heterocycles. The molecule has 0 fully saturated rings. The fraction of sp³-hybridized carbons (Fsp3) is 0.571. The first-order valence-corrected chi connectivity index (χ1v) is 5.37. The van der Waals surface area contributed by atoms with E-state index in [2.05, 4.69) is 22.5 Å². The number of hydrogen-bond donors (Lipinski definition) is 0. The van der Waals surface area contributed by atoms with Gasteiger partial charge in [0.2, 0.25) is 0 Å². The summed E-state index contributed by atoms with van der Waals surface area (Å²) in [5.41, 5.74) is 0. The monoisotopic (exact) mass is 238 g/mol. The zero-order valence-corrected chi connectivity index (χ0v) is 8.83. The predicted molar refractivity (Wildman–Crippen MR) is 52.0 cm³/mol. The van der Waals surface area contributed by atoms with Crippen molar-refractivity contribution in [1.29, 1.82) is 0 Å². The minimum Gasteiger partial charge on any atom is -0.462 e. The van der Waals surface area contributed by atoms with Crippen LogP contribution in [0.15, 0.2) is 11.5 Å². The van der Waals surface area contributed by atoms with Crippen LogP contribution in [0.25, 0.3) is 0 Å². The van der Waals surface area contributed by atoms with E-state index in [9.17, 15) is 4.79 Å². The van der Waals surface area contributed by atoms with Crippen LogP contribution in [-0.4, -0.2) is 23.7 Å². The summed E-state index contributed by atoms with van der Waals surface area (Å²) in [7, 11) is 0. The van der Waals surface area contributed by atoms with Crippen molar-refractivity contribution in [3.63, 3.8) is 0 Å². The van der Waals surface area contributed by atoms with E-state index in [-0.39, 0.29) is 5.97 Å². The summed E-state index contributed by atoms with van der Waals surface area (Å²) >= 11 is 4.66. The summed E-state index contributed by atoms with van der Waals surface area (Å²) in [5, 5.41) is 0.857. The van der Waals surface area contributed by atoms with Crippen molar-refractivity contribution >= 4 is 33.7 Å². The molecular weight excluding hydrogens is 228 g/mol. The van der Waals surface area contributed by atoms with Crippen LogP contribution in [0.2, 0.25) is 0 Å². The van der Waals surface area contributed by atoms with Gasteiger partial charge < -0.3 is 4.74 Å². The van der Waals surface area contributed by atoms with E-state index in [1.165, 1.54) is 11.8 Å². The van der Waals surface area contributed by atoms with Gasteiger partial charge in [-0.15, -0.1) is 11.8 Å². The normalized spacial score (nSPS) is 9.27. The van der Waals surface area contributed by atoms with Crippen molar-refractivity contribution in [3.8, 4) is 0 Å². The Morgan fingerprint density at radius 3 is 2.82 bits per heavy atom. The first-order chi connectivity index (χ1) is 5.22. The Bertz CT molecular complexity index is 147. The van der Waals surface area contributed by atoms with Gasteiger partial charge in [-0.2, -0.15) is 0 Å². The first-order valence-electron chi connectivity index (χ1n) is 3.27. The molecular formula is C7H11BrO2S. The highest BCUT2D eigenvalue weighted by atomic mass is 79.9. The van der Waals surface area contributed by atoms with Crippen LogP contribution in [0.4, 0.5) is 0 Å². The maximum Gasteiger partial charge on any atom is 0.343 e. The van der Waals surface area contributed by atoms with Gasteiger partial charge in [-0.25, -0.2) is 4.79 Å². The summed E-state index contributed by atoms with van der Waals surface area (Å²) in [5.74, 6) is 0.538. The molecule has 0 amide bonds. The lowest BCUT2D eigenvalue weighted by molar-refractivity contribution is -0.137. The highest BCUT2D eigenvalue weighted by Crippen LogP contribution is 2.14. The number of rotatable bonds is 5. The Hall–Kier alpha value is 0.0400. The van der Waals surface area contributed by atoms with E-state index in [1.54, 1.807) is 6.92 Å². The zero-order chi connectivity index (χ0) is 8.69. The number of carbonyl (C=O) groups is 1. The van der Waals surface area contributed by atoms with E-state index in [1.807, 2.05) is 0 Å². The molecule has 0 radical (unpaired) electrons. The second-order valence-electron chi connectivity index (χ2n) is 1.68. The maximum absolute atomic E-state index is 10.9. The van der Waals surface area contributed by atoms with Gasteiger partial charge in [0, 0.05) is 11.1 Å². The number of carbonyl (C=O) groups excluding carboxylic acids is 1. The molecule has 2 nitrogen and oxygen atoms in total. The molecule has 0 N–H and O–H groups in total. The van der Waals surface area contributed by atoms with E-state index in [0.717, 1.165) is 11.1 Å². The molecule has 0 aliphatic heterocycles. The maximum atomic E-state index is 10.9. The molecule has 0 unspecified atom stereocenters. The minimum atomic E-state index is -0.307. The van der Waals surface area contributed by atoms with Crippen molar-refractivity contribution in [2.24, 2.45) is 0 Å². The standard InChI is InChI=1S/C7H11BrO2S/c1-3-10-7(9)6(2)11-5-4-8/h2-5H2,1H3. The Kier molecular flexibility index (Phi) is 6.76. The molecule has 0 aromatic heterocycles. The number of thioether (sulfide) groups is 1. The number of hydrogen-bond acceptors (Lipinski definition) is 3. The number of esters is 1. The molecule has 0 aromatic rings. The van der Waals surface area contributed by atoms with Crippen LogP contribution in [0, 0.1) is 0 Å². The summed E-state index contributed by atoms with van der Waals surface area (Å²) in [6.45, 7) is 5.77. The number of alkyl halides is 1. The lowest BCUT2D eigenvalue weighted by atomic mass is 10.6. The lowest BCUT2D eigenvalue weighted by Crippen LogP contribution is -2.04. The first kappa shape index (κ1) is 11.0. The summed E-state index contributed by atoms with van der Waals surface area (Å²) in [6, 6.07) is 0. The van der Waals surface area contributed by atoms with E-state index in [4.69, 9.17) is 4.74 Å². The smallest absolute Gasteiger partial charge is 0.343 e. The third-order valence-electron chi connectivity index (χ3n) is 0.857. The van der Waals surface area contributed by atoms with Crippen molar-refractivity contribution < 1.29 is 9.53 Å². The average Bonchev–Trinajstić information content (AvgIpc) is 2.00. The van der Waals surface area contributed by atoms with Gasteiger partial charge in [-0.3, -0.25) is 0 Å². The molecule has 0 aliphatic rings. The fourth-order valence-corrected chi connectivity index (χ4v) is 1.42. The Morgan fingerprint density at radius 1 is 1.73 bits per heavy atom. The largest absolute Gasteiger partial charge is 0.462 e. The highest BCUT2D eigenvalue weighted by molar-refractivity contribution is 9.09. The zero-order valence-electron chi connectivity index (χ0n) is 6.43. The molecule has 0 bridgehead atoms. The highest BCUT2D eigenvalue weighted by Gasteiger charge is 2.06. The van der Waals surface area contributed by atoms with Crippen LogP contribution < -0.4 is 0 Å². The van der Waals surface area contributed by atoms with Crippen molar-refractivity contribution in [2.45, 2.75) is 6.92 Å². The molecule has 4 heteroatoms. The second-order valence-corrected chi connectivity index (χ2v) is 3.66. The van der Waals surface area contributed by atoms with Crippen molar-refractivity contribution in [3.05, 3.63) is 11.5 Å². The summed E-state index contributed by atoms with van der Waals surface area (Å²) in [6.07, 6.45) is 0. The van der Waals surface area contributed by atoms with E-state index >= 15 is 0 Å². The van der Waals surface area contributed by atoms with Crippen molar-refractivity contribution in [2.75, 3.05) is 17.7 Å². The van der Waals surface area contributed by atoms with Crippen LogP contribution in [0.1, 0.15) is 6.92 Å². The molecule has 0 rings (SSSR count). The quantitative estimate of drug-likeness (QED) is 0.418. The minimum absolute atomic E-state index is 0.307. The van der Waals surface area contributed by atoms with E-state index in [0.29, 0.717) is 11.5 Å². The van der Waals surface area contributed by atoms with E-state index < -0.39 is 0 Å². The third kappa shape index (κ3) is 5.32. The molecule has 64 valence electrons. The summed E-state index contributed by atoms with van der Waals surface area (Å²) in [4.78, 5) is 11.4. The topological polar surface area (TPSA) is 26.3 Å². The molecule has 0 saturated heterocycles. The van der Waals surface area contributed by atoms with Crippen LogP contribution in [0.3, 0.4) is 0 Å². The van der Waals surface area contributed by atoms with Gasteiger partial charge in [0.1, 0.15) is 0 Å². The summed E-state index contributed by atoms with van der Waals surface area (Å²) < 4.78 is 4.73. The fourth-order valence-electron chi connectivity index (χ4n) is 0.432. The van der Waals surface area contributed by atoms with Crippen LogP contribution in [-0.2, 0) is 9.53 Å². The average molecular weight is 239 g/mol. The molecule has 0 saturated carbocycles. The Labute approximate surface area is 79.5 Å². The SMILES string of the molecule is C=C(SCCBr)C(=O)OCC. The Morgan fingerprint density at radius 2 is 2.36 bits per heavy atom. The Balaban J connectivity index is 3.56. The number of ether oxygens (including phenoxy) is 1. The molecule has 0 aromatic carbocycles. The lowest BCUT2D eigenvalue weighted by Gasteiger charge is -2.02. The van der Waals surface area contributed by atoms with Gasteiger partial charge in [0.25, 0.3) is 0 Å². The van der Waals surface area contributed by atoms with Gasteiger partial charge in [0.15, 0.2) is 0 Å². The molecule has 0 aliphatic carbocycles. The van der Waals surface area contributed by atoms with Gasteiger partial charge in [-0.1, -0.05) is 22.5 Å². The molecule has 11 heavy (non-hydrogen) atoms. The van der Waals surface area contributed by atoms with Crippen LogP contribution >= 0.6 is 27.7 Å². The third-order valence-corrected chi connectivity index (χ3v) is 2.70. The number of halogens is 1. The van der Waals surface area contributed by atoms with Gasteiger partial charge in [0.05, 0.1) is 11.5 Å². The van der Waals surface area contributed by atoms with Gasteiger partial charge >= 0.3 is 5.97 Å². The molecule has 0 atom stereocenters.